The van der Waals surface area contributed by atoms with Crippen molar-refractivity contribution in [1.82, 2.24) is 5.32 Å². The highest BCUT2D eigenvalue weighted by Gasteiger charge is 2.50. The van der Waals surface area contributed by atoms with Gasteiger partial charge in [0.25, 0.3) is 0 Å². The summed E-state index contributed by atoms with van der Waals surface area (Å²) in [4.78, 5) is 24.1. The van der Waals surface area contributed by atoms with E-state index in [1.165, 1.54) is 11.1 Å². The summed E-state index contributed by atoms with van der Waals surface area (Å²) < 4.78 is 5.55. The Balaban J connectivity index is 1.43. The van der Waals surface area contributed by atoms with Crippen molar-refractivity contribution in [3.8, 4) is 0 Å². The Labute approximate surface area is 164 Å². The van der Waals surface area contributed by atoms with E-state index >= 15 is 0 Å². The summed E-state index contributed by atoms with van der Waals surface area (Å²) in [5.74, 6) is -3.02. The molecule has 2 bridgehead atoms. The molecule has 4 rings (SSSR count). The zero-order valence-corrected chi connectivity index (χ0v) is 15.4. The maximum atomic E-state index is 12.7. The quantitative estimate of drug-likeness (QED) is 0.746. The van der Waals surface area contributed by atoms with Crippen molar-refractivity contribution in [1.29, 1.82) is 0 Å². The van der Waals surface area contributed by atoms with E-state index in [0.717, 1.165) is 0 Å². The first-order valence-electron chi connectivity index (χ1n) is 9.57. The van der Waals surface area contributed by atoms with Crippen molar-refractivity contribution in [3.63, 3.8) is 0 Å². The minimum absolute atomic E-state index is 0.149. The molecule has 1 amide bonds. The molecule has 2 aromatic rings. The summed E-state index contributed by atoms with van der Waals surface area (Å²) in [6.07, 6.45) is 3.15. The number of rotatable bonds is 7. The standard InChI is InChI=1S/C23H23NO4/c25-22(20-18-11-12-19(28-18)21(20)23(26)27)24-14-13-17(15-7-3-1-4-8-15)16-9-5-2-6-10-16/h1-12,17-21H,13-14H2,(H,24,25)(H,26,27)/p-1/t18-,19+,20-,21+/m1/s1. The Morgan fingerprint density at radius 3 is 1.96 bits per heavy atom. The number of ether oxygens (including phenoxy) is 1. The molecule has 2 aliphatic heterocycles. The third-order valence-electron chi connectivity index (χ3n) is 5.61. The number of carboxylic acids is 1. The lowest BCUT2D eigenvalue weighted by atomic mass is 9.82. The van der Waals surface area contributed by atoms with E-state index in [9.17, 15) is 14.7 Å². The monoisotopic (exact) mass is 376 g/mol. The first kappa shape index (κ1) is 18.4. The molecule has 2 aliphatic rings. The Bertz CT molecular complexity index is 825. The van der Waals surface area contributed by atoms with Gasteiger partial charge in [-0.2, -0.15) is 0 Å². The molecule has 144 valence electrons. The second-order valence-corrected chi connectivity index (χ2v) is 7.27. The molecule has 2 heterocycles. The van der Waals surface area contributed by atoms with Crippen LogP contribution in [0.3, 0.4) is 0 Å². The molecule has 0 aliphatic carbocycles. The normalized spacial score (nSPS) is 25.2. The molecule has 0 radical (unpaired) electrons. The molecule has 0 saturated carbocycles. The summed E-state index contributed by atoms with van der Waals surface area (Å²) in [6.45, 7) is 0.449. The van der Waals surface area contributed by atoms with Gasteiger partial charge in [-0.25, -0.2) is 0 Å². The molecule has 0 spiro atoms. The van der Waals surface area contributed by atoms with E-state index in [0.29, 0.717) is 13.0 Å². The summed E-state index contributed by atoms with van der Waals surface area (Å²) in [6, 6.07) is 20.3. The molecular formula is C23H22NO4-. The van der Waals surface area contributed by atoms with Gasteiger partial charge in [-0.1, -0.05) is 72.8 Å². The molecule has 1 N–H and O–H groups in total. The fourth-order valence-electron chi connectivity index (χ4n) is 4.26. The maximum absolute atomic E-state index is 12.7. The number of carboxylic acid groups (broad SMARTS) is 1. The Kier molecular flexibility index (Phi) is 5.26. The van der Waals surface area contributed by atoms with Crippen LogP contribution in [0.25, 0.3) is 0 Å². The maximum Gasteiger partial charge on any atom is 0.226 e. The van der Waals surface area contributed by atoms with Crippen LogP contribution in [0, 0.1) is 11.8 Å². The molecule has 0 unspecified atom stereocenters. The number of hydrogen-bond acceptors (Lipinski definition) is 4. The Hall–Kier alpha value is -2.92. The fraction of sp³-hybridized carbons (Fsp3) is 0.304. The molecule has 2 aromatic carbocycles. The SMILES string of the molecule is O=C([O-])[C@@H]1[C@H](C(=O)NCCC(c2ccccc2)c2ccccc2)[C@H]2C=C[C@@H]1O2. The second kappa shape index (κ2) is 7.98. The van der Waals surface area contributed by atoms with E-state index in [2.05, 4.69) is 29.6 Å². The molecular weight excluding hydrogens is 354 g/mol. The van der Waals surface area contributed by atoms with Gasteiger partial charge in [-0.15, -0.1) is 0 Å². The number of aliphatic carboxylic acids is 1. The fourth-order valence-corrected chi connectivity index (χ4v) is 4.26. The average Bonchev–Trinajstić information content (AvgIpc) is 3.34. The van der Waals surface area contributed by atoms with Gasteiger partial charge in [-0.3, -0.25) is 4.79 Å². The molecule has 0 aromatic heterocycles. The minimum Gasteiger partial charge on any atom is -0.550 e. The zero-order valence-electron chi connectivity index (χ0n) is 15.4. The van der Waals surface area contributed by atoms with E-state index in [1.54, 1.807) is 12.2 Å². The number of nitrogens with one attached hydrogen (secondary N) is 1. The molecule has 4 atom stereocenters. The van der Waals surface area contributed by atoms with Gasteiger partial charge in [0, 0.05) is 24.3 Å². The van der Waals surface area contributed by atoms with Gasteiger partial charge in [0.2, 0.25) is 5.91 Å². The van der Waals surface area contributed by atoms with Crippen LogP contribution >= 0.6 is 0 Å². The van der Waals surface area contributed by atoms with Crippen LogP contribution in [0.15, 0.2) is 72.8 Å². The predicted molar refractivity (Wildman–Crippen MR) is 102 cm³/mol. The largest absolute Gasteiger partial charge is 0.550 e. The lowest BCUT2D eigenvalue weighted by Gasteiger charge is -2.25. The van der Waals surface area contributed by atoms with Crippen molar-refractivity contribution in [3.05, 3.63) is 83.9 Å². The second-order valence-electron chi connectivity index (χ2n) is 7.27. The van der Waals surface area contributed by atoms with Gasteiger partial charge in [-0.05, 0) is 17.5 Å². The van der Waals surface area contributed by atoms with Crippen molar-refractivity contribution in [2.75, 3.05) is 6.54 Å². The van der Waals surface area contributed by atoms with Gasteiger partial charge < -0.3 is 20.0 Å². The van der Waals surface area contributed by atoms with Crippen LogP contribution in [0.4, 0.5) is 0 Å². The van der Waals surface area contributed by atoms with Crippen molar-refractivity contribution >= 4 is 11.9 Å². The van der Waals surface area contributed by atoms with Gasteiger partial charge in [0.05, 0.1) is 18.1 Å². The lowest BCUT2D eigenvalue weighted by molar-refractivity contribution is -0.313. The summed E-state index contributed by atoms with van der Waals surface area (Å²) in [5, 5.41) is 14.4. The highest BCUT2D eigenvalue weighted by atomic mass is 16.5. The van der Waals surface area contributed by atoms with Crippen LogP contribution in [0.1, 0.15) is 23.5 Å². The summed E-state index contributed by atoms with van der Waals surface area (Å²) >= 11 is 0. The number of fused-ring (bicyclic) bond motifs is 2. The van der Waals surface area contributed by atoms with Crippen LogP contribution in [-0.2, 0) is 14.3 Å². The van der Waals surface area contributed by atoms with E-state index in [1.807, 2.05) is 36.4 Å². The Morgan fingerprint density at radius 1 is 0.893 bits per heavy atom. The number of hydrogen-bond donors (Lipinski definition) is 1. The molecule has 1 fully saturated rings. The van der Waals surface area contributed by atoms with E-state index in [-0.39, 0.29) is 11.8 Å². The van der Waals surface area contributed by atoms with Crippen molar-refractivity contribution < 1.29 is 19.4 Å². The first-order valence-corrected chi connectivity index (χ1v) is 9.57. The molecule has 5 heteroatoms. The minimum atomic E-state index is -1.23. The third-order valence-corrected chi connectivity index (χ3v) is 5.61. The van der Waals surface area contributed by atoms with Gasteiger partial charge >= 0.3 is 0 Å². The zero-order chi connectivity index (χ0) is 19.5. The van der Waals surface area contributed by atoms with Crippen molar-refractivity contribution in [2.45, 2.75) is 24.5 Å². The number of carbonyl (C=O) groups excluding carboxylic acids is 2. The van der Waals surface area contributed by atoms with Gasteiger partial charge in [0.15, 0.2) is 0 Å². The third kappa shape index (κ3) is 3.58. The van der Waals surface area contributed by atoms with Crippen LogP contribution in [0.2, 0.25) is 0 Å². The van der Waals surface area contributed by atoms with Crippen LogP contribution in [-0.4, -0.2) is 30.6 Å². The van der Waals surface area contributed by atoms with E-state index in [4.69, 9.17) is 4.74 Å². The molecule has 28 heavy (non-hydrogen) atoms. The first-order chi connectivity index (χ1) is 13.6. The number of carbonyl (C=O) groups is 2. The highest BCUT2D eigenvalue weighted by molar-refractivity contribution is 5.86. The number of benzene rings is 2. The van der Waals surface area contributed by atoms with Crippen LogP contribution < -0.4 is 10.4 Å². The van der Waals surface area contributed by atoms with Gasteiger partial charge in [0.1, 0.15) is 0 Å². The molecule has 1 saturated heterocycles. The smallest absolute Gasteiger partial charge is 0.226 e. The molecule has 5 nitrogen and oxygen atoms in total. The van der Waals surface area contributed by atoms with E-state index < -0.39 is 30.0 Å². The number of amides is 1. The predicted octanol–water partition coefficient (Wildman–Crippen LogP) is 1.64. The average molecular weight is 376 g/mol. The Morgan fingerprint density at radius 2 is 1.43 bits per heavy atom. The summed E-state index contributed by atoms with van der Waals surface area (Å²) in [5.41, 5.74) is 2.36. The van der Waals surface area contributed by atoms with Crippen LogP contribution in [0.5, 0.6) is 0 Å². The van der Waals surface area contributed by atoms with Crippen molar-refractivity contribution in [2.24, 2.45) is 11.8 Å². The lowest BCUT2D eigenvalue weighted by Crippen LogP contribution is -2.47. The summed E-state index contributed by atoms with van der Waals surface area (Å²) in [7, 11) is 0. The topological polar surface area (TPSA) is 78.5 Å². The highest BCUT2D eigenvalue weighted by Crippen LogP contribution is 2.39.